The number of anilines is 1. The van der Waals surface area contributed by atoms with E-state index in [1.54, 1.807) is 0 Å². The number of hydrogen-bond donors (Lipinski definition) is 2. The Morgan fingerprint density at radius 1 is 1.47 bits per heavy atom. The standard InChI is InChI=1S/C11H12N2OS/c12-11-13-10-8(7-1-2-7)3-6(5-14)4-9(10)15-11/h3-4,7,14H,1-2,5H2,(H2,12,13). The first-order chi connectivity index (χ1) is 7.28. The molecule has 1 aliphatic rings. The Balaban J connectivity index is 2.27. The summed E-state index contributed by atoms with van der Waals surface area (Å²) in [4.78, 5) is 4.36. The molecule has 0 bridgehead atoms. The minimum Gasteiger partial charge on any atom is -0.392 e. The number of rotatable bonds is 2. The van der Waals surface area contributed by atoms with Crippen molar-refractivity contribution in [3.63, 3.8) is 0 Å². The molecule has 15 heavy (non-hydrogen) atoms. The monoisotopic (exact) mass is 220 g/mol. The number of thiazole rings is 1. The summed E-state index contributed by atoms with van der Waals surface area (Å²) in [5.41, 5.74) is 8.99. The number of fused-ring (bicyclic) bond motifs is 1. The smallest absolute Gasteiger partial charge is 0.181 e. The van der Waals surface area contributed by atoms with Crippen LogP contribution in [-0.4, -0.2) is 10.1 Å². The van der Waals surface area contributed by atoms with Crippen LogP contribution in [0.1, 0.15) is 29.9 Å². The van der Waals surface area contributed by atoms with Crippen LogP contribution >= 0.6 is 11.3 Å². The Morgan fingerprint density at radius 2 is 2.27 bits per heavy atom. The Kier molecular flexibility index (Phi) is 1.94. The van der Waals surface area contributed by atoms with E-state index in [1.807, 2.05) is 6.07 Å². The van der Waals surface area contributed by atoms with E-state index in [4.69, 9.17) is 5.73 Å². The van der Waals surface area contributed by atoms with Gasteiger partial charge in [-0.05, 0) is 36.0 Å². The molecular weight excluding hydrogens is 208 g/mol. The molecule has 0 radical (unpaired) electrons. The molecule has 3 rings (SSSR count). The Morgan fingerprint density at radius 3 is 2.93 bits per heavy atom. The number of nitrogens with zero attached hydrogens (tertiary/aromatic N) is 1. The summed E-state index contributed by atoms with van der Waals surface area (Å²) >= 11 is 1.50. The van der Waals surface area contributed by atoms with Gasteiger partial charge < -0.3 is 10.8 Å². The normalized spacial score (nSPS) is 16.1. The minimum absolute atomic E-state index is 0.0907. The van der Waals surface area contributed by atoms with E-state index in [1.165, 1.54) is 29.7 Å². The van der Waals surface area contributed by atoms with Crippen LogP contribution in [0.3, 0.4) is 0 Å². The molecule has 0 amide bonds. The number of benzene rings is 1. The van der Waals surface area contributed by atoms with Crippen molar-refractivity contribution < 1.29 is 5.11 Å². The third-order valence-electron chi connectivity index (χ3n) is 2.80. The maximum absolute atomic E-state index is 9.18. The molecule has 1 saturated carbocycles. The van der Waals surface area contributed by atoms with Crippen LogP contribution in [0.2, 0.25) is 0 Å². The quantitative estimate of drug-likeness (QED) is 0.816. The molecule has 78 valence electrons. The van der Waals surface area contributed by atoms with Crippen LogP contribution in [0.5, 0.6) is 0 Å². The first-order valence-electron chi connectivity index (χ1n) is 5.07. The molecule has 3 N–H and O–H groups in total. The van der Waals surface area contributed by atoms with Crippen molar-refractivity contribution in [2.45, 2.75) is 25.4 Å². The van der Waals surface area contributed by atoms with E-state index in [9.17, 15) is 5.11 Å². The van der Waals surface area contributed by atoms with Crippen molar-refractivity contribution in [2.24, 2.45) is 0 Å². The van der Waals surface area contributed by atoms with Crippen LogP contribution < -0.4 is 5.73 Å². The van der Waals surface area contributed by atoms with Crippen molar-refractivity contribution in [1.82, 2.24) is 4.98 Å². The lowest BCUT2D eigenvalue weighted by Gasteiger charge is -2.02. The lowest BCUT2D eigenvalue weighted by Crippen LogP contribution is -1.89. The molecule has 0 unspecified atom stereocenters. The van der Waals surface area contributed by atoms with Gasteiger partial charge in [0.05, 0.1) is 16.8 Å². The van der Waals surface area contributed by atoms with E-state index < -0.39 is 0 Å². The summed E-state index contributed by atoms with van der Waals surface area (Å²) in [6, 6.07) is 4.05. The molecule has 0 spiro atoms. The van der Waals surface area contributed by atoms with Crippen LogP contribution in [0.15, 0.2) is 12.1 Å². The maximum atomic E-state index is 9.18. The second kappa shape index (κ2) is 3.18. The second-order valence-corrected chi connectivity index (χ2v) is 5.08. The van der Waals surface area contributed by atoms with E-state index >= 15 is 0 Å². The molecule has 1 aromatic heterocycles. The molecule has 0 aliphatic heterocycles. The summed E-state index contributed by atoms with van der Waals surface area (Å²) in [7, 11) is 0. The van der Waals surface area contributed by atoms with Gasteiger partial charge in [-0.1, -0.05) is 17.4 Å². The van der Waals surface area contributed by atoms with Gasteiger partial charge in [-0.3, -0.25) is 0 Å². The summed E-state index contributed by atoms with van der Waals surface area (Å²) in [5.74, 6) is 0.639. The molecule has 1 aliphatic carbocycles. The zero-order valence-electron chi connectivity index (χ0n) is 8.23. The zero-order chi connectivity index (χ0) is 10.4. The van der Waals surface area contributed by atoms with Gasteiger partial charge in [0.1, 0.15) is 0 Å². The van der Waals surface area contributed by atoms with Crippen LogP contribution in [-0.2, 0) is 6.61 Å². The van der Waals surface area contributed by atoms with Gasteiger partial charge in [0.15, 0.2) is 5.13 Å². The van der Waals surface area contributed by atoms with Crippen LogP contribution in [0, 0.1) is 0 Å². The van der Waals surface area contributed by atoms with Crippen molar-refractivity contribution in [2.75, 3.05) is 5.73 Å². The number of nitrogens with two attached hydrogens (primary N) is 1. The third-order valence-corrected chi connectivity index (χ3v) is 3.63. The van der Waals surface area contributed by atoms with Gasteiger partial charge in [0.2, 0.25) is 0 Å². The number of aromatic nitrogens is 1. The van der Waals surface area contributed by atoms with E-state index in [2.05, 4.69) is 11.1 Å². The highest BCUT2D eigenvalue weighted by atomic mass is 32.1. The molecule has 4 heteroatoms. The fourth-order valence-electron chi connectivity index (χ4n) is 1.93. The average molecular weight is 220 g/mol. The molecule has 0 atom stereocenters. The van der Waals surface area contributed by atoms with Gasteiger partial charge in [0.25, 0.3) is 0 Å². The second-order valence-electron chi connectivity index (χ2n) is 4.02. The Hall–Kier alpha value is -1.13. The Bertz CT molecular complexity index is 517. The lowest BCUT2D eigenvalue weighted by molar-refractivity contribution is 0.282. The SMILES string of the molecule is Nc1nc2c(C3CC3)cc(CO)cc2s1. The van der Waals surface area contributed by atoms with E-state index in [0.29, 0.717) is 11.0 Å². The predicted molar refractivity (Wildman–Crippen MR) is 61.9 cm³/mol. The molecule has 1 heterocycles. The van der Waals surface area contributed by atoms with Crippen molar-refractivity contribution in [3.05, 3.63) is 23.3 Å². The van der Waals surface area contributed by atoms with Crippen molar-refractivity contribution in [3.8, 4) is 0 Å². The largest absolute Gasteiger partial charge is 0.392 e. The van der Waals surface area contributed by atoms with Gasteiger partial charge in [-0.15, -0.1) is 0 Å². The predicted octanol–water partition coefficient (Wildman–Crippen LogP) is 2.25. The maximum Gasteiger partial charge on any atom is 0.181 e. The number of nitrogen functional groups attached to an aromatic ring is 1. The first kappa shape index (κ1) is 9.12. The van der Waals surface area contributed by atoms with Crippen molar-refractivity contribution in [1.29, 1.82) is 0 Å². The van der Waals surface area contributed by atoms with Gasteiger partial charge >= 0.3 is 0 Å². The van der Waals surface area contributed by atoms with E-state index in [-0.39, 0.29) is 6.61 Å². The van der Waals surface area contributed by atoms with Gasteiger partial charge in [0, 0.05) is 0 Å². The van der Waals surface area contributed by atoms with Gasteiger partial charge in [-0.2, -0.15) is 0 Å². The molecular formula is C11H12N2OS. The summed E-state index contributed by atoms with van der Waals surface area (Å²) in [6.45, 7) is 0.0907. The summed E-state index contributed by atoms with van der Waals surface area (Å²) in [6.07, 6.45) is 2.48. The third kappa shape index (κ3) is 1.50. The van der Waals surface area contributed by atoms with Crippen molar-refractivity contribution >= 4 is 26.7 Å². The van der Waals surface area contributed by atoms with Gasteiger partial charge in [-0.25, -0.2) is 4.98 Å². The lowest BCUT2D eigenvalue weighted by atomic mass is 10.1. The fourth-order valence-corrected chi connectivity index (χ4v) is 2.76. The zero-order valence-corrected chi connectivity index (χ0v) is 9.05. The minimum atomic E-state index is 0.0907. The van der Waals surface area contributed by atoms with Crippen LogP contribution in [0.4, 0.5) is 5.13 Å². The number of hydrogen-bond acceptors (Lipinski definition) is 4. The summed E-state index contributed by atoms with van der Waals surface area (Å²) in [5, 5.41) is 9.80. The number of aliphatic hydroxyl groups excluding tert-OH is 1. The average Bonchev–Trinajstić information content (AvgIpc) is 2.98. The topological polar surface area (TPSA) is 59.1 Å². The highest BCUT2D eigenvalue weighted by Gasteiger charge is 2.27. The molecule has 1 fully saturated rings. The van der Waals surface area contributed by atoms with Crippen LogP contribution in [0.25, 0.3) is 10.2 Å². The highest BCUT2D eigenvalue weighted by Crippen LogP contribution is 2.44. The Labute approximate surface area is 91.6 Å². The molecule has 3 nitrogen and oxygen atoms in total. The molecule has 1 aromatic carbocycles. The highest BCUT2D eigenvalue weighted by molar-refractivity contribution is 7.22. The number of aliphatic hydroxyl groups is 1. The first-order valence-corrected chi connectivity index (χ1v) is 5.89. The molecule has 2 aromatic rings. The fraction of sp³-hybridized carbons (Fsp3) is 0.364. The summed E-state index contributed by atoms with van der Waals surface area (Å²) < 4.78 is 1.10. The molecule has 0 saturated heterocycles. The van der Waals surface area contributed by atoms with E-state index in [0.717, 1.165) is 15.8 Å².